The van der Waals surface area contributed by atoms with E-state index >= 15 is 0 Å². The number of hydrogen-bond donors (Lipinski definition) is 3. The van der Waals surface area contributed by atoms with Gasteiger partial charge in [0.1, 0.15) is 64.0 Å². The van der Waals surface area contributed by atoms with Crippen LogP contribution in [0.3, 0.4) is 0 Å². The first-order valence-electron chi connectivity index (χ1n) is 25.4. The number of rotatable bonds is 14. The highest BCUT2D eigenvalue weighted by molar-refractivity contribution is 6.71. The number of nitrogens with zero attached hydrogens (tertiary/aromatic N) is 4. The SMILES string of the molecule is CCOC(=O)CC(=O)C1CC1.CCOC(=O)c1c(-c2c(Cl)cc(F)cc2Cl)noc1C1CC1.O/N=C(\Cl)c1c(Cl)cc(F)cc1Cl.O/N=C/c1c(Cl)cc(F)cc1Cl.O=Cc1c(Cl)cc(F)cc1Cl.OCc1c(-c2c(Cl)cc(F)cc2Cl)noc1C1CC1. The maximum atomic E-state index is 13.3. The lowest BCUT2D eigenvalue weighted by Gasteiger charge is -2.07. The molecule has 5 aromatic carbocycles. The van der Waals surface area contributed by atoms with E-state index in [2.05, 4.69) is 25.4 Å². The second-order valence-corrected chi connectivity index (χ2v) is 22.8. The molecule has 0 radical (unpaired) electrons. The molecule has 7 aromatic rings. The third-order valence-electron chi connectivity index (χ3n) is 11.9. The van der Waals surface area contributed by atoms with Gasteiger partial charge in [0.15, 0.2) is 17.2 Å². The van der Waals surface area contributed by atoms with E-state index < -0.39 is 35.1 Å². The highest BCUT2D eigenvalue weighted by Crippen LogP contribution is 2.48. The zero-order valence-corrected chi connectivity index (χ0v) is 53.5. The van der Waals surface area contributed by atoms with Crippen molar-refractivity contribution in [1.82, 2.24) is 10.3 Å². The summed E-state index contributed by atoms with van der Waals surface area (Å²) in [5, 5.41) is 39.8. The Morgan fingerprint density at radius 1 is 0.568 bits per heavy atom. The highest BCUT2D eigenvalue weighted by atomic mass is 35.5. The Morgan fingerprint density at radius 3 is 1.34 bits per heavy atom. The number of aldehydes is 1. The Balaban J connectivity index is 0.000000197. The van der Waals surface area contributed by atoms with Gasteiger partial charge in [0.2, 0.25) is 0 Å². The first kappa shape index (κ1) is 73.3. The van der Waals surface area contributed by atoms with Crippen molar-refractivity contribution >= 4 is 163 Å². The number of halogens is 16. The summed E-state index contributed by atoms with van der Waals surface area (Å²) in [7, 11) is 0. The monoisotopic (exact) mass is 1440 g/mol. The standard InChI is InChI=1S/C15H12Cl2FNO3.C13H10Cl2FNO2.C8H12O3.C7H3Cl3FNO.C7H4Cl2FNO.C7H3Cl2FO/c1-2-21-15(20)12-13(19-22-14(12)7-3-4-7)11-9(16)5-8(18)6-10(11)17;14-9-3-7(16)4-10(15)11(9)12-8(5-18)13(19-17-12)6-1-2-6;1-2-11-8(10)5-7(9)6-3-4-6;8-4-1-3(11)2-5(9)6(4)7(10)12-13;8-6-1-4(10)2-7(9)5(6)3-11-12;8-6-1-4(10)2-7(9)5(6)3-11/h5-7H,2-4H2,1H3;3-4,6,18H,1-2,5H2;6H,2-5H2,1H3;1-2,13H;1-3,12H;1-3H/b;;;12-7-;11-3+;. The number of Topliss-reactive ketones (excluding diaryl/α,β-unsaturated/α-hetero) is 1. The number of carbonyl (C=O) groups excluding carboxylic acids is 4. The van der Waals surface area contributed by atoms with Crippen LogP contribution in [0.25, 0.3) is 22.5 Å². The fourth-order valence-electron chi connectivity index (χ4n) is 7.47. The molecule has 88 heavy (non-hydrogen) atoms. The summed E-state index contributed by atoms with van der Waals surface area (Å²) in [6.07, 6.45) is 7.31. The van der Waals surface area contributed by atoms with Crippen LogP contribution >= 0.6 is 128 Å². The summed E-state index contributed by atoms with van der Waals surface area (Å²) in [5.74, 6) is -1.85. The molecular formula is C57H44Cl11F5N4O11. The smallest absolute Gasteiger partial charge is 0.344 e. The fourth-order valence-corrected chi connectivity index (χ4v) is 10.8. The van der Waals surface area contributed by atoms with E-state index in [1.807, 2.05) is 0 Å². The normalized spacial score (nSPS) is 13.2. The topological polar surface area (TPSA) is 224 Å². The minimum absolute atomic E-state index is 0.00667. The molecular weight excluding hydrogens is 1400 g/mol. The second-order valence-electron chi connectivity index (χ2n) is 18.3. The van der Waals surface area contributed by atoms with Crippen LogP contribution in [0.2, 0.25) is 50.2 Å². The van der Waals surface area contributed by atoms with Crippen LogP contribution < -0.4 is 0 Å². The molecule has 0 unspecified atom stereocenters. The van der Waals surface area contributed by atoms with E-state index in [0.29, 0.717) is 52.7 Å². The van der Waals surface area contributed by atoms with Crippen molar-refractivity contribution in [3.63, 3.8) is 0 Å². The van der Waals surface area contributed by atoms with Crippen LogP contribution in [-0.4, -0.2) is 74.4 Å². The van der Waals surface area contributed by atoms with Crippen molar-refractivity contribution in [2.45, 2.75) is 77.2 Å². The minimum Gasteiger partial charge on any atom is -0.466 e. The van der Waals surface area contributed by atoms with Gasteiger partial charge < -0.3 is 34.0 Å². The van der Waals surface area contributed by atoms with Crippen molar-refractivity contribution in [1.29, 1.82) is 0 Å². The van der Waals surface area contributed by atoms with E-state index in [-0.39, 0.29) is 127 Å². The Labute approximate surface area is 552 Å². The number of carbonyl (C=O) groups is 4. The van der Waals surface area contributed by atoms with Gasteiger partial charge in [-0.2, -0.15) is 0 Å². The van der Waals surface area contributed by atoms with Crippen LogP contribution in [0, 0.1) is 35.0 Å². The molecule has 2 aromatic heterocycles. The number of ether oxygens (including phenoxy) is 2. The number of ketones is 1. The molecule has 0 saturated heterocycles. The van der Waals surface area contributed by atoms with Crippen LogP contribution in [-0.2, 0) is 25.7 Å². The van der Waals surface area contributed by atoms with Gasteiger partial charge in [0, 0.05) is 40.0 Å². The average molecular weight is 1450 g/mol. The van der Waals surface area contributed by atoms with Crippen molar-refractivity contribution in [2.24, 2.45) is 16.2 Å². The van der Waals surface area contributed by atoms with E-state index in [4.69, 9.17) is 152 Å². The Morgan fingerprint density at radius 2 is 0.955 bits per heavy atom. The molecule has 470 valence electrons. The first-order valence-corrected chi connectivity index (χ1v) is 29.6. The zero-order valence-electron chi connectivity index (χ0n) is 45.2. The lowest BCUT2D eigenvalue weighted by Crippen LogP contribution is -2.12. The summed E-state index contributed by atoms with van der Waals surface area (Å²) in [6, 6.07) is 10.9. The van der Waals surface area contributed by atoms with Crippen molar-refractivity contribution in [3.05, 3.63) is 179 Å². The molecule has 0 spiro atoms. The van der Waals surface area contributed by atoms with Crippen molar-refractivity contribution in [3.8, 4) is 22.5 Å². The predicted octanol–water partition coefficient (Wildman–Crippen LogP) is 19.3. The number of oxime groups is 2. The summed E-state index contributed by atoms with van der Waals surface area (Å²) >= 11 is 63.0. The molecule has 3 N–H and O–H groups in total. The fraction of sp³-hybridized carbons (Fsp3) is 0.263. The van der Waals surface area contributed by atoms with Crippen LogP contribution in [0.1, 0.15) is 120 Å². The summed E-state index contributed by atoms with van der Waals surface area (Å²) < 4.78 is 84.5. The third-order valence-corrected chi connectivity index (χ3v) is 15.2. The molecule has 0 atom stereocenters. The largest absolute Gasteiger partial charge is 0.466 e. The van der Waals surface area contributed by atoms with Gasteiger partial charge >= 0.3 is 11.9 Å². The lowest BCUT2D eigenvalue weighted by molar-refractivity contribution is -0.145. The number of aromatic nitrogens is 2. The molecule has 3 aliphatic carbocycles. The quantitative estimate of drug-likeness (QED) is 0.0175. The molecule has 3 saturated carbocycles. The summed E-state index contributed by atoms with van der Waals surface area (Å²) in [5.41, 5.74) is 2.56. The third kappa shape index (κ3) is 20.8. The van der Waals surface area contributed by atoms with Crippen molar-refractivity contribution in [2.75, 3.05) is 13.2 Å². The maximum absolute atomic E-state index is 13.3. The predicted molar refractivity (Wildman–Crippen MR) is 327 cm³/mol. The van der Waals surface area contributed by atoms with E-state index in [1.54, 1.807) is 13.8 Å². The first-order chi connectivity index (χ1) is 41.7. The molecule has 10 rings (SSSR count). The van der Waals surface area contributed by atoms with Gasteiger partial charge in [-0.3, -0.25) is 14.4 Å². The highest BCUT2D eigenvalue weighted by Gasteiger charge is 2.38. The summed E-state index contributed by atoms with van der Waals surface area (Å²) in [4.78, 5) is 44.3. The van der Waals surface area contributed by atoms with Gasteiger partial charge in [-0.25, -0.2) is 26.7 Å². The number of benzene rings is 5. The van der Waals surface area contributed by atoms with E-state index in [1.165, 1.54) is 0 Å². The van der Waals surface area contributed by atoms with Gasteiger partial charge in [0.25, 0.3) is 0 Å². The Kier molecular flexibility index (Phi) is 28.9. The zero-order chi connectivity index (χ0) is 65.3. The molecule has 0 aliphatic heterocycles. The second kappa shape index (κ2) is 34.7. The van der Waals surface area contributed by atoms with Crippen LogP contribution in [0.15, 0.2) is 80.0 Å². The van der Waals surface area contributed by atoms with Gasteiger partial charge in [-0.05, 0) is 113 Å². The number of aliphatic hydroxyl groups excluding tert-OH is 1. The summed E-state index contributed by atoms with van der Waals surface area (Å²) in [6.45, 7) is 3.81. The van der Waals surface area contributed by atoms with Gasteiger partial charge in [-0.1, -0.05) is 148 Å². The van der Waals surface area contributed by atoms with E-state index in [9.17, 15) is 46.2 Å². The Hall–Kier alpha value is -5.46. The number of esters is 2. The molecule has 3 fully saturated rings. The Bertz CT molecular complexity index is 3620. The van der Waals surface area contributed by atoms with Crippen LogP contribution in [0.4, 0.5) is 22.0 Å². The van der Waals surface area contributed by atoms with Crippen molar-refractivity contribution < 1.29 is 75.2 Å². The lowest BCUT2D eigenvalue weighted by atomic mass is 10.0. The molecule has 15 nitrogen and oxygen atoms in total. The molecule has 31 heteroatoms. The van der Waals surface area contributed by atoms with E-state index in [0.717, 1.165) is 105 Å². The average Bonchev–Trinajstić information content (AvgIpc) is 3.30. The number of aliphatic hydroxyl groups is 1. The minimum atomic E-state index is -0.582. The molecule has 2 heterocycles. The van der Waals surface area contributed by atoms with Gasteiger partial charge in [-0.15, -0.1) is 0 Å². The molecule has 0 amide bonds. The van der Waals surface area contributed by atoms with Crippen LogP contribution in [0.5, 0.6) is 0 Å². The maximum Gasteiger partial charge on any atom is 0.344 e. The molecule has 0 bridgehead atoms. The van der Waals surface area contributed by atoms with Gasteiger partial charge in [0.05, 0.1) is 87.4 Å². The molecule has 3 aliphatic rings. The number of hydrogen-bond acceptors (Lipinski definition) is 15.